The highest BCUT2D eigenvalue weighted by molar-refractivity contribution is 7.20. The van der Waals surface area contributed by atoms with Crippen LogP contribution in [0.25, 0.3) is 16.2 Å². The third-order valence-corrected chi connectivity index (χ3v) is 6.17. The third-order valence-electron chi connectivity index (χ3n) is 5.20. The van der Waals surface area contributed by atoms with E-state index in [1.54, 1.807) is 22.6 Å². The molecule has 9 nitrogen and oxygen atoms in total. The van der Waals surface area contributed by atoms with Gasteiger partial charge in [-0.3, -0.25) is 0 Å². The predicted octanol–water partition coefficient (Wildman–Crippen LogP) is 3.29. The molecule has 0 spiro atoms. The fourth-order valence-electron chi connectivity index (χ4n) is 3.64. The first-order valence-electron chi connectivity index (χ1n) is 11.0. The number of nitrogens with zero attached hydrogens (tertiary/aromatic N) is 5. The van der Waals surface area contributed by atoms with Crippen LogP contribution < -0.4 is 15.5 Å². The normalized spacial score (nSPS) is 14.7. The molecular formula is C22H30FN7O2S. The zero-order chi connectivity index (χ0) is 23.6. The molecule has 1 fully saturated rings. The number of ether oxygens (including phenoxy) is 1. The van der Waals surface area contributed by atoms with Crippen LogP contribution in [0.4, 0.5) is 20.1 Å². The van der Waals surface area contributed by atoms with Crippen molar-refractivity contribution < 1.29 is 13.9 Å². The number of anilines is 2. The molecule has 0 unspecified atom stereocenters. The molecular weight excluding hydrogens is 445 g/mol. The number of fused-ring (bicyclic) bond motifs is 1. The van der Waals surface area contributed by atoms with Gasteiger partial charge in [-0.2, -0.15) is 4.52 Å². The number of benzene rings is 1. The quantitative estimate of drug-likeness (QED) is 0.532. The molecule has 1 aliphatic rings. The molecule has 1 aromatic carbocycles. The number of aromatic nitrogens is 3. The minimum Gasteiger partial charge on any atom is -0.383 e. The number of carbonyl (C=O) groups excluding carboxylic acids is 1. The van der Waals surface area contributed by atoms with E-state index in [0.29, 0.717) is 50.6 Å². The second kappa shape index (κ2) is 9.52. The summed E-state index contributed by atoms with van der Waals surface area (Å²) < 4.78 is 20.7. The number of piperazine rings is 1. The van der Waals surface area contributed by atoms with Gasteiger partial charge in [-0.15, -0.1) is 5.10 Å². The molecule has 4 rings (SSSR count). The van der Waals surface area contributed by atoms with E-state index in [2.05, 4.69) is 36.3 Å². The summed E-state index contributed by atoms with van der Waals surface area (Å²) in [6.07, 6.45) is 0. The van der Waals surface area contributed by atoms with Gasteiger partial charge >= 0.3 is 6.03 Å². The Morgan fingerprint density at radius 2 is 2.00 bits per heavy atom. The average Bonchev–Trinajstić information content (AvgIpc) is 3.32. The number of hydrogen-bond acceptors (Lipinski definition) is 7. The van der Waals surface area contributed by atoms with Gasteiger partial charge in [-0.25, -0.2) is 14.2 Å². The van der Waals surface area contributed by atoms with E-state index in [-0.39, 0.29) is 17.4 Å². The molecule has 2 N–H and O–H groups in total. The summed E-state index contributed by atoms with van der Waals surface area (Å²) in [5.41, 5.74) is 1.14. The summed E-state index contributed by atoms with van der Waals surface area (Å²) in [6, 6.07) is 6.37. The van der Waals surface area contributed by atoms with Crippen LogP contribution in [0.1, 0.15) is 20.8 Å². The van der Waals surface area contributed by atoms with Crippen LogP contribution in [-0.2, 0) is 4.74 Å². The number of rotatable bonds is 6. The third kappa shape index (κ3) is 5.36. The zero-order valence-electron chi connectivity index (χ0n) is 19.4. The molecule has 11 heteroatoms. The average molecular weight is 476 g/mol. The van der Waals surface area contributed by atoms with Gasteiger partial charge in [0.05, 0.1) is 6.61 Å². The monoisotopic (exact) mass is 475 g/mol. The highest BCUT2D eigenvalue weighted by Gasteiger charge is 2.26. The number of halogens is 1. The molecule has 33 heavy (non-hydrogen) atoms. The molecule has 0 atom stereocenters. The molecule has 0 aliphatic carbocycles. The Balaban J connectivity index is 1.54. The lowest BCUT2D eigenvalue weighted by Gasteiger charge is -2.34. The number of nitrogens with one attached hydrogen (secondary N) is 2. The van der Waals surface area contributed by atoms with Crippen LogP contribution in [0.2, 0.25) is 0 Å². The highest BCUT2D eigenvalue weighted by atomic mass is 32.1. The lowest BCUT2D eigenvalue weighted by molar-refractivity contribution is 0.177. The smallest absolute Gasteiger partial charge is 0.317 e. The Kier molecular flexibility index (Phi) is 6.71. The van der Waals surface area contributed by atoms with Crippen LogP contribution in [0, 0.1) is 5.82 Å². The SMILES string of the molecule is COCCNC(=O)N1CCN(c2nn3c(NC(C)(C)C)c(-c4cccc(F)c4)nc3s2)CC1. The fourth-order valence-corrected chi connectivity index (χ4v) is 4.60. The largest absolute Gasteiger partial charge is 0.383 e. The van der Waals surface area contributed by atoms with Crippen molar-refractivity contribution in [3.05, 3.63) is 30.1 Å². The van der Waals surface area contributed by atoms with Crippen molar-refractivity contribution in [3.8, 4) is 11.3 Å². The van der Waals surface area contributed by atoms with Crippen LogP contribution in [0.5, 0.6) is 0 Å². The lowest BCUT2D eigenvalue weighted by Crippen LogP contribution is -2.52. The van der Waals surface area contributed by atoms with E-state index in [1.165, 1.54) is 23.5 Å². The van der Waals surface area contributed by atoms with Gasteiger partial charge < -0.3 is 25.2 Å². The molecule has 1 aliphatic heterocycles. The van der Waals surface area contributed by atoms with Crippen LogP contribution in [-0.4, -0.2) is 77.5 Å². The van der Waals surface area contributed by atoms with E-state index in [0.717, 1.165) is 15.9 Å². The van der Waals surface area contributed by atoms with Gasteiger partial charge in [-0.1, -0.05) is 23.5 Å². The minimum absolute atomic E-state index is 0.0722. The summed E-state index contributed by atoms with van der Waals surface area (Å²) in [6.45, 7) is 9.78. The van der Waals surface area contributed by atoms with Crippen LogP contribution >= 0.6 is 11.3 Å². The Labute approximate surface area is 196 Å². The van der Waals surface area contributed by atoms with E-state index >= 15 is 0 Å². The minimum atomic E-state index is -0.302. The van der Waals surface area contributed by atoms with Gasteiger partial charge in [-0.05, 0) is 32.9 Å². The van der Waals surface area contributed by atoms with E-state index in [1.807, 2.05) is 6.07 Å². The first kappa shape index (κ1) is 23.2. The highest BCUT2D eigenvalue weighted by Crippen LogP contribution is 2.35. The standard InChI is InChI=1S/C22H30FN7O2S/c1-22(2,3)26-18-17(15-6-5-7-16(23)14-15)25-20-30(18)27-21(33-20)29-11-9-28(10-12-29)19(31)24-8-13-32-4/h5-7,14,26H,8-13H2,1-4H3,(H,24,31). The number of hydrogen-bond donors (Lipinski definition) is 2. The van der Waals surface area contributed by atoms with Crippen LogP contribution in [0.15, 0.2) is 24.3 Å². The Morgan fingerprint density at radius 1 is 1.24 bits per heavy atom. The Morgan fingerprint density at radius 3 is 2.67 bits per heavy atom. The molecule has 0 radical (unpaired) electrons. The second-order valence-corrected chi connectivity index (χ2v) is 9.91. The molecule has 178 valence electrons. The summed E-state index contributed by atoms with van der Waals surface area (Å²) in [4.78, 5) is 21.8. The predicted molar refractivity (Wildman–Crippen MR) is 129 cm³/mol. The van der Waals surface area contributed by atoms with Gasteiger partial charge in [0, 0.05) is 50.9 Å². The van der Waals surface area contributed by atoms with Crippen molar-refractivity contribution in [1.29, 1.82) is 0 Å². The first-order chi connectivity index (χ1) is 15.7. The Bertz CT molecular complexity index is 1120. The lowest BCUT2D eigenvalue weighted by atomic mass is 10.1. The second-order valence-electron chi connectivity index (χ2n) is 8.97. The molecule has 2 amide bonds. The number of amides is 2. The summed E-state index contributed by atoms with van der Waals surface area (Å²) >= 11 is 1.49. The summed E-state index contributed by atoms with van der Waals surface area (Å²) in [5.74, 6) is 0.435. The Hall–Kier alpha value is -2.92. The van der Waals surface area contributed by atoms with Crippen molar-refractivity contribution >= 4 is 33.3 Å². The summed E-state index contributed by atoms with van der Waals surface area (Å²) in [5, 5.41) is 12.0. The van der Waals surface area contributed by atoms with Gasteiger partial charge in [0.15, 0.2) is 5.82 Å². The van der Waals surface area contributed by atoms with Crippen molar-refractivity contribution in [3.63, 3.8) is 0 Å². The maximum Gasteiger partial charge on any atom is 0.317 e. The molecule has 1 saturated heterocycles. The van der Waals surface area contributed by atoms with Gasteiger partial charge in [0.1, 0.15) is 11.5 Å². The molecule has 3 heterocycles. The fraction of sp³-hybridized carbons (Fsp3) is 0.500. The molecule has 0 bridgehead atoms. The van der Waals surface area contributed by atoms with Crippen molar-refractivity contribution in [2.45, 2.75) is 26.3 Å². The maximum absolute atomic E-state index is 13.9. The van der Waals surface area contributed by atoms with E-state index in [9.17, 15) is 9.18 Å². The van der Waals surface area contributed by atoms with E-state index in [4.69, 9.17) is 14.8 Å². The first-order valence-corrected chi connectivity index (χ1v) is 11.8. The van der Waals surface area contributed by atoms with E-state index < -0.39 is 0 Å². The van der Waals surface area contributed by atoms with Gasteiger partial charge in [0.25, 0.3) is 0 Å². The molecule has 3 aromatic rings. The number of urea groups is 1. The van der Waals surface area contributed by atoms with Crippen molar-refractivity contribution in [1.82, 2.24) is 24.8 Å². The number of carbonyl (C=O) groups is 1. The molecule has 0 saturated carbocycles. The van der Waals surface area contributed by atoms with Crippen molar-refractivity contribution in [2.24, 2.45) is 0 Å². The number of methoxy groups -OCH3 is 1. The van der Waals surface area contributed by atoms with Gasteiger partial charge in [0.2, 0.25) is 10.1 Å². The van der Waals surface area contributed by atoms with Crippen LogP contribution in [0.3, 0.4) is 0 Å². The topological polar surface area (TPSA) is 87.0 Å². The summed E-state index contributed by atoms with van der Waals surface area (Å²) in [7, 11) is 1.61. The maximum atomic E-state index is 13.9. The number of imidazole rings is 1. The zero-order valence-corrected chi connectivity index (χ0v) is 20.2. The van der Waals surface area contributed by atoms with Crippen molar-refractivity contribution in [2.75, 3.05) is 56.7 Å². The molecule has 2 aromatic heterocycles.